The molecule has 2 amide bonds. The number of para-hydroxylation sites is 1. The first-order valence-corrected chi connectivity index (χ1v) is 8.42. The van der Waals surface area contributed by atoms with Crippen molar-refractivity contribution in [2.75, 3.05) is 32.5 Å². The zero-order valence-corrected chi connectivity index (χ0v) is 14.9. The van der Waals surface area contributed by atoms with Gasteiger partial charge in [-0.1, -0.05) is 48.5 Å². The average molecular weight is 355 g/mol. The lowest BCUT2D eigenvalue weighted by Gasteiger charge is -2.33. The number of nitrogens with zero attached hydrogens (tertiary/aromatic N) is 2. The molecule has 1 fully saturated rings. The number of hydrogen-bond donors (Lipinski definition) is 2. The van der Waals surface area contributed by atoms with Gasteiger partial charge in [0, 0.05) is 11.3 Å². The Morgan fingerprint density at radius 2 is 1.77 bits per heavy atom. The number of likely N-dealkylation sites (N-methyl/N-ethyl adjacent to an activating group) is 1. The van der Waals surface area contributed by atoms with Gasteiger partial charge in [0.2, 0.25) is 6.54 Å². The smallest absolute Gasteiger partial charge is 0.318 e. The maximum atomic E-state index is 13.0. The normalized spacial score (nSPS) is 20.7. The lowest BCUT2D eigenvalue weighted by atomic mass is 10.1. The van der Waals surface area contributed by atoms with Crippen LogP contribution in [0, 0.1) is 0 Å². The van der Waals surface area contributed by atoms with Gasteiger partial charge in [0.1, 0.15) is 6.54 Å². The van der Waals surface area contributed by atoms with Crippen molar-refractivity contribution in [2.24, 2.45) is 0 Å². The number of quaternary nitrogens is 1. The lowest BCUT2D eigenvalue weighted by molar-refractivity contribution is -0.898. The molecule has 26 heavy (non-hydrogen) atoms. The quantitative estimate of drug-likeness (QED) is 0.806. The summed E-state index contributed by atoms with van der Waals surface area (Å²) < 4.78 is -0.328. The minimum absolute atomic E-state index is 0.0736. The molecule has 3 rings (SSSR count). The highest BCUT2D eigenvalue weighted by atomic mass is 16.7. The number of nitrogens with one attached hydrogen (secondary N) is 2. The van der Waals surface area contributed by atoms with Crippen molar-refractivity contribution in [2.45, 2.75) is 6.04 Å². The van der Waals surface area contributed by atoms with Crippen LogP contribution in [0.3, 0.4) is 0 Å². The van der Waals surface area contributed by atoms with E-state index in [1.54, 1.807) is 12.1 Å². The standard InChI is InChI=1S/C19H22N4O3/c1-22(2)17(15-9-5-3-6-10-15)13-23(14-18(24)26-21-23)19(25)20-16-11-7-4-8-12-16/h3-12,17,21H,13-14H2,1-2H3/p+1. The molecular formula is C19H23N4O3+. The zero-order valence-electron chi connectivity index (χ0n) is 14.9. The SMILES string of the molecule is CN(C)C(C[N+]1(C(=O)Nc2ccccc2)CC(=O)ON1)c1ccccc1. The summed E-state index contributed by atoms with van der Waals surface area (Å²) in [7, 11) is 3.89. The number of rotatable bonds is 5. The summed E-state index contributed by atoms with van der Waals surface area (Å²) in [5.41, 5.74) is 4.37. The van der Waals surface area contributed by atoms with Gasteiger partial charge in [-0.25, -0.2) is 9.59 Å². The largest absolute Gasteiger partial charge is 0.443 e. The molecule has 0 bridgehead atoms. The highest BCUT2D eigenvalue weighted by Crippen LogP contribution is 2.25. The van der Waals surface area contributed by atoms with Crippen LogP contribution in [0.2, 0.25) is 0 Å². The van der Waals surface area contributed by atoms with E-state index >= 15 is 0 Å². The van der Waals surface area contributed by atoms with Gasteiger partial charge in [-0.3, -0.25) is 10.2 Å². The summed E-state index contributed by atoms with van der Waals surface area (Å²) in [6, 6.07) is 18.6. The first-order valence-electron chi connectivity index (χ1n) is 8.42. The summed E-state index contributed by atoms with van der Waals surface area (Å²) in [5.74, 6) is -0.459. The van der Waals surface area contributed by atoms with Crippen LogP contribution in [-0.4, -0.2) is 48.7 Å². The van der Waals surface area contributed by atoms with E-state index in [0.717, 1.165) is 5.56 Å². The fourth-order valence-corrected chi connectivity index (χ4v) is 3.01. The van der Waals surface area contributed by atoms with Gasteiger partial charge in [-0.2, -0.15) is 0 Å². The van der Waals surface area contributed by atoms with Crippen LogP contribution in [0.15, 0.2) is 60.7 Å². The third-order valence-corrected chi connectivity index (χ3v) is 4.44. The molecule has 7 nitrogen and oxygen atoms in total. The molecule has 0 saturated carbocycles. The minimum atomic E-state index is -0.459. The second-order valence-electron chi connectivity index (χ2n) is 6.56. The number of amides is 2. The number of hydrogen-bond acceptors (Lipinski definition) is 5. The summed E-state index contributed by atoms with van der Waals surface area (Å²) >= 11 is 0. The van der Waals surface area contributed by atoms with Gasteiger partial charge in [-0.05, 0) is 31.8 Å². The van der Waals surface area contributed by atoms with Gasteiger partial charge in [-0.15, -0.1) is 4.59 Å². The molecule has 0 radical (unpaired) electrons. The van der Waals surface area contributed by atoms with Crippen LogP contribution in [0.5, 0.6) is 0 Å². The Kier molecular flexibility index (Phi) is 5.32. The Bertz CT molecular complexity index is 767. The molecule has 2 aromatic carbocycles. The average Bonchev–Trinajstić information content (AvgIpc) is 3.03. The van der Waals surface area contributed by atoms with Crippen molar-refractivity contribution in [3.8, 4) is 0 Å². The summed E-state index contributed by atoms with van der Waals surface area (Å²) in [4.78, 5) is 31.8. The van der Waals surface area contributed by atoms with Crippen molar-refractivity contribution < 1.29 is 19.0 Å². The fourth-order valence-electron chi connectivity index (χ4n) is 3.01. The van der Waals surface area contributed by atoms with Gasteiger partial charge in [0.15, 0.2) is 0 Å². The molecule has 2 atom stereocenters. The highest BCUT2D eigenvalue weighted by Gasteiger charge is 2.49. The van der Waals surface area contributed by atoms with Crippen molar-refractivity contribution in [3.05, 3.63) is 66.2 Å². The van der Waals surface area contributed by atoms with E-state index < -0.39 is 5.97 Å². The number of carbonyl (C=O) groups is 2. The van der Waals surface area contributed by atoms with Crippen LogP contribution >= 0.6 is 0 Å². The summed E-state index contributed by atoms with van der Waals surface area (Å²) in [5, 5.41) is 2.86. The van der Waals surface area contributed by atoms with Crippen molar-refractivity contribution >= 4 is 17.7 Å². The Morgan fingerprint density at radius 3 is 2.31 bits per heavy atom. The second kappa shape index (κ2) is 7.65. The molecule has 0 spiro atoms. The Labute approximate surface area is 152 Å². The van der Waals surface area contributed by atoms with Crippen LogP contribution in [-0.2, 0) is 9.63 Å². The molecule has 1 heterocycles. The summed E-state index contributed by atoms with van der Waals surface area (Å²) in [6.45, 7) is 0.261. The molecule has 0 aromatic heterocycles. The maximum Gasteiger partial charge on any atom is 0.443 e. The molecule has 1 saturated heterocycles. The van der Waals surface area contributed by atoms with E-state index in [4.69, 9.17) is 4.84 Å². The van der Waals surface area contributed by atoms with E-state index in [1.165, 1.54) is 0 Å². The highest BCUT2D eigenvalue weighted by molar-refractivity contribution is 5.86. The van der Waals surface area contributed by atoms with Gasteiger partial charge in [0.25, 0.3) is 0 Å². The Balaban J connectivity index is 1.87. The van der Waals surface area contributed by atoms with Gasteiger partial charge in [0.05, 0.1) is 6.04 Å². The van der Waals surface area contributed by atoms with Gasteiger partial charge >= 0.3 is 12.0 Å². The monoisotopic (exact) mass is 355 g/mol. The first kappa shape index (κ1) is 18.1. The number of carbonyl (C=O) groups excluding carboxylic acids is 2. The molecule has 2 N–H and O–H groups in total. The molecule has 2 aromatic rings. The molecular weight excluding hydrogens is 332 g/mol. The number of urea groups is 1. The minimum Gasteiger partial charge on any atom is -0.318 e. The van der Waals surface area contributed by atoms with Crippen molar-refractivity contribution in [3.63, 3.8) is 0 Å². The first-order chi connectivity index (χ1) is 12.5. The molecule has 136 valence electrons. The van der Waals surface area contributed by atoms with Crippen molar-refractivity contribution in [1.82, 2.24) is 10.5 Å². The third kappa shape index (κ3) is 3.91. The second-order valence-corrected chi connectivity index (χ2v) is 6.56. The third-order valence-electron chi connectivity index (χ3n) is 4.44. The number of anilines is 1. The predicted octanol–water partition coefficient (Wildman–Crippen LogP) is 2.31. The van der Waals surface area contributed by atoms with E-state index in [9.17, 15) is 9.59 Å². The molecule has 1 aliphatic rings. The van der Waals surface area contributed by atoms with E-state index in [0.29, 0.717) is 12.2 Å². The number of benzene rings is 2. The zero-order chi connectivity index (χ0) is 18.6. The maximum absolute atomic E-state index is 13.0. The van der Waals surface area contributed by atoms with Crippen LogP contribution < -0.4 is 10.9 Å². The molecule has 0 aliphatic carbocycles. The van der Waals surface area contributed by atoms with Crippen LogP contribution in [0.1, 0.15) is 11.6 Å². The topological polar surface area (TPSA) is 70.7 Å². The van der Waals surface area contributed by atoms with Gasteiger partial charge < -0.3 is 4.84 Å². The van der Waals surface area contributed by atoms with E-state index in [1.807, 2.05) is 67.5 Å². The lowest BCUT2D eigenvalue weighted by Crippen LogP contribution is -2.62. The predicted molar refractivity (Wildman–Crippen MR) is 97.6 cm³/mol. The molecule has 1 aliphatic heterocycles. The van der Waals surface area contributed by atoms with Crippen LogP contribution in [0.25, 0.3) is 0 Å². The summed E-state index contributed by atoms with van der Waals surface area (Å²) in [6.07, 6.45) is 0. The molecule has 7 heteroatoms. The Morgan fingerprint density at radius 1 is 1.15 bits per heavy atom. The fraction of sp³-hybridized carbons (Fsp3) is 0.263. The van der Waals surface area contributed by atoms with Crippen molar-refractivity contribution in [1.29, 1.82) is 0 Å². The van der Waals surface area contributed by atoms with Crippen LogP contribution in [0.4, 0.5) is 10.5 Å². The Hall–Kier alpha value is -2.74. The van der Waals surface area contributed by atoms with E-state index in [-0.39, 0.29) is 23.2 Å². The molecule has 2 unspecified atom stereocenters. The van der Waals surface area contributed by atoms with E-state index in [2.05, 4.69) is 10.9 Å².